The van der Waals surface area contributed by atoms with Crippen LogP contribution in [0, 0.1) is 0 Å². The maximum absolute atomic E-state index is 12.0. The molecule has 1 aliphatic rings. The van der Waals surface area contributed by atoms with Crippen molar-refractivity contribution in [1.82, 2.24) is 14.3 Å². The Morgan fingerprint density at radius 3 is 2.96 bits per heavy atom. The van der Waals surface area contributed by atoms with Gasteiger partial charge in [0.05, 0.1) is 7.11 Å². The third-order valence-corrected chi connectivity index (χ3v) is 5.29. The maximum Gasteiger partial charge on any atom is 0.222 e. The highest BCUT2D eigenvalue weighted by Crippen LogP contribution is 2.23. The lowest BCUT2D eigenvalue weighted by molar-refractivity contribution is -0.133. The number of methoxy groups -OCH3 is 1. The number of anilines is 1. The lowest BCUT2D eigenvalue weighted by atomic mass is 10.1. The van der Waals surface area contributed by atoms with Crippen LogP contribution in [0.3, 0.4) is 0 Å². The molecule has 2 heterocycles. The van der Waals surface area contributed by atoms with Gasteiger partial charge in [-0.15, -0.1) is 0 Å². The molecule has 6 nitrogen and oxygen atoms in total. The molecule has 1 fully saturated rings. The number of carbonyl (C=O) groups is 1. The second-order valence-electron chi connectivity index (χ2n) is 6.26. The number of piperazine rings is 1. The summed E-state index contributed by atoms with van der Waals surface area (Å²) in [5, 5.41) is 0.938. The average molecular weight is 360 g/mol. The summed E-state index contributed by atoms with van der Waals surface area (Å²) in [6.07, 6.45) is 1.26. The standard InChI is InChI=1S/C18H24N4O2S/c1-4-17(23)22-9-8-21(12-13(22)2)18-19-16(20-25-18)11-14-6-5-7-15(10-14)24-3/h5-7,10,13H,4,8-9,11-12H2,1-3H3. The molecule has 0 spiro atoms. The Morgan fingerprint density at radius 1 is 1.40 bits per heavy atom. The van der Waals surface area contributed by atoms with Gasteiger partial charge < -0.3 is 14.5 Å². The van der Waals surface area contributed by atoms with Gasteiger partial charge in [-0.05, 0) is 24.6 Å². The molecule has 1 aromatic heterocycles. The van der Waals surface area contributed by atoms with Crippen molar-refractivity contribution in [3.63, 3.8) is 0 Å². The first-order chi connectivity index (χ1) is 12.1. The Morgan fingerprint density at radius 2 is 2.24 bits per heavy atom. The molecule has 134 valence electrons. The van der Waals surface area contributed by atoms with E-state index in [1.165, 1.54) is 11.5 Å². The molecule has 0 saturated carbocycles. The minimum atomic E-state index is 0.201. The van der Waals surface area contributed by atoms with E-state index in [9.17, 15) is 4.79 Å². The average Bonchev–Trinajstić information content (AvgIpc) is 3.09. The second kappa shape index (κ2) is 7.82. The molecule has 1 aromatic carbocycles. The molecule has 0 N–H and O–H groups in total. The number of hydrogen-bond acceptors (Lipinski definition) is 6. The largest absolute Gasteiger partial charge is 0.497 e. The molecule has 1 amide bonds. The fourth-order valence-electron chi connectivity index (χ4n) is 3.11. The van der Waals surface area contributed by atoms with Gasteiger partial charge >= 0.3 is 0 Å². The molecule has 1 unspecified atom stereocenters. The Bertz CT molecular complexity index is 733. The Balaban J connectivity index is 1.64. The van der Waals surface area contributed by atoms with Crippen LogP contribution in [-0.2, 0) is 11.2 Å². The van der Waals surface area contributed by atoms with Crippen molar-refractivity contribution in [2.24, 2.45) is 0 Å². The molecule has 1 saturated heterocycles. The van der Waals surface area contributed by atoms with Gasteiger partial charge in [-0.1, -0.05) is 19.1 Å². The number of ether oxygens (including phenoxy) is 1. The number of rotatable bonds is 5. The van der Waals surface area contributed by atoms with E-state index in [2.05, 4.69) is 22.3 Å². The van der Waals surface area contributed by atoms with E-state index in [0.717, 1.165) is 41.9 Å². The molecule has 1 aliphatic heterocycles. The van der Waals surface area contributed by atoms with Crippen molar-refractivity contribution in [2.45, 2.75) is 32.7 Å². The number of carbonyl (C=O) groups excluding carboxylic acids is 1. The summed E-state index contributed by atoms with van der Waals surface area (Å²) in [6.45, 7) is 6.37. The Labute approximate surface area is 152 Å². The number of aromatic nitrogens is 2. The highest BCUT2D eigenvalue weighted by atomic mass is 32.1. The van der Waals surface area contributed by atoms with Gasteiger partial charge in [0.15, 0.2) is 0 Å². The minimum Gasteiger partial charge on any atom is -0.497 e. The van der Waals surface area contributed by atoms with E-state index in [4.69, 9.17) is 9.72 Å². The number of amides is 1. The van der Waals surface area contributed by atoms with E-state index in [1.807, 2.05) is 30.0 Å². The van der Waals surface area contributed by atoms with Crippen LogP contribution in [0.1, 0.15) is 31.7 Å². The Hall–Kier alpha value is -2.15. The smallest absolute Gasteiger partial charge is 0.222 e. The number of nitrogens with zero attached hydrogens (tertiary/aromatic N) is 4. The van der Waals surface area contributed by atoms with Gasteiger partial charge in [-0.2, -0.15) is 4.37 Å². The molecule has 0 aliphatic carbocycles. The van der Waals surface area contributed by atoms with Crippen LogP contribution in [0.4, 0.5) is 5.13 Å². The van der Waals surface area contributed by atoms with Crippen LogP contribution >= 0.6 is 11.5 Å². The predicted molar refractivity (Wildman–Crippen MR) is 99.4 cm³/mol. The summed E-state index contributed by atoms with van der Waals surface area (Å²) in [4.78, 5) is 20.9. The van der Waals surface area contributed by atoms with E-state index >= 15 is 0 Å². The van der Waals surface area contributed by atoms with Crippen molar-refractivity contribution >= 4 is 22.6 Å². The fourth-order valence-corrected chi connectivity index (χ4v) is 3.83. The lowest BCUT2D eigenvalue weighted by Crippen LogP contribution is -2.54. The van der Waals surface area contributed by atoms with Crippen molar-refractivity contribution < 1.29 is 9.53 Å². The first-order valence-electron chi connectivity index (χ1n) is 8.60. The van der Waals surface area contributed by atoms with E-state index in [0.29, 0.717) is 12.8 Å². The molecular formula is C18H24N4O2S. The van der Waals surface area contributed by atoms with Crippen LogP contribution in [0.2, 0.25) is 0 Å². The zero-order valence-electron chi connectivity index (χ0n) is 14.9. The van der Waals surface area contributed by atoms with Crippen LogP contribution in [-0.4, -0.2) is 53.0 Å². The SMILES string of the molecule is CCC(=O)N1CCN(c2nc(Cc3cccc(OC)c3)ns2)CC1C. The zero-order valence-corrected chi connectivity index (χ0v) is 15.8. The van der Waals surface area contributed by atoms with Gasteiger partial charge in [-0.3, -0.25) is 4.79 Å². The van der Waals surface area contributed by atoms with Crippen LogP contribution in [0.5, 0.6) is 5.75 Å². The zero-order chi connectivity index (χ0) is 17.8. The molecule has 25 heavy (non-hydrogen) atoms. The monoisotopic (exact) mass is 360 g/mol. The van der Waals surface area contributed by atoms with Crippen molar-refractivity contribution in [1.29, 1.82) is 0 Å². The number of hydrogen-bond donors (Lipinski definition) is 0. The third-order valence-electron chi connectivity index (χ3n) is 4.47. The summed E-state index contributed by atoms with van der Waals surface area (Å²) in [7, 11) is 1.67. The van der Waals surface area contributed by atoms with Gasteiger partial charge in [0.25, 0.3) is 0 Å². The van der Waals surface area contributed by atoms with Crippen molar-refractivity contribution in [3.8, 4) is 5.75 Å². The summed E-state index contributed by atoms with van der Waals surface area (Å²) < 4.78 is 9.77. The van der Waals surface area contributed by atoms with Crippen molar-refractivity contribution in [2.75, 3.05) is 31.6 Å². The summed E-state index contributed by atoms with van der Waals surface area (Å²) >= 11 is 1.43. The molecular weight excluding hydrogens is 336 g/mol. The maximum atomic E-state index is 12.0. The first-order valence-corrected chi connectivity index (χ1v) is 9.38. The van der Waals surface area contributed by atoms with Crippen LogP contribution in [0.25, 0.3) is 0 Å². The fraction of sp³-hybridized carbons (Fsp3) is 0.500. The highest BCUT2D eigenvalue weighted by Gasteiger charge is 2.28. The summed E-state index contributed by atoms with van der Waals surface area (Å²) in [5.41, 5.74) is 1.13. The summed E-state index contributed by atoms with van der Waals surface area (Å²) in [6, 6.07) is 8.18. The first kappa shape index (κ1) is 17.7. The topological polar surface area (TPSA) is 58.6 Å². The molecule has 3 rings (SSSR count). The minimum absolute atomic E-state index is 0.201. The van der Waals surface area contributed by atoms with E-state index in [-0.39, 0.29) is 11.9 Å². The molecule has 0 radical (unpaired) electrons. The summed E-state index contributed by atoms with van der Waals surface area (Å²) in [5.74, 6) is 1.90. The number of benzene rings is 1. The van der Waals surface area contributed by atoms with Crippen molar-refractivity contribution in [3.05, 3.63) is 35.7 Å². The van der Waals surface area contributed by atoms with Gasteiger partial charge in [-0.25, -0.2) is 4.98 Å². The van der Waals surface area contributed by atoms with E-state index < -0.39 is 0 Å². The van der Waals surface area contributed by atoms with Crippen LogP contribution in [0.15, 0.2) is 24.3 Å². The quantitative estimate of drug-likeness (QED) is 0.820. The highest BCUT2D eigenvalue weighted by molar-refractivity contribution is 7.09. The molecule has 7 heteroatoms. The predicted octanol–water partition coefficient (Wildman–Crippen LogP) is 2.58. The Kier molecular flexibility index (Phi) is 5.53. The van der Waals surface area contributed by atoms with Crippen LogP contribution < -0.4 is 9.64 Å². The van der Waals surface area contributed by atoms with Gasteiger partial charge in [0.1, 0.15) is 11.6 Å². The second-order valence-corrected chi connectivity index (χ2v) is 6.99. The third kappa shape index (κ3) is 4.10. The normalized spacial score (nSPS) is 17.6. The molecule has 1 atom stereocenters. The molecule has 2 aromatic rings. The van der Waals surface area contributed by atoms with Gasteiger partial charge in [0.2, 0.25) is 11.0 Å². The molecule has 0 bridgehead atoms. The lowest BCUT2D eigenvalue weighted by Gasteiger charge is -2.39. The van der Waals surface area contributed by atoms with Gasteiger partial charge in [0, 0.05) is 50.1 Å². The van der Waals surface area contributed by atoms with E-state index in [1.54, 1.807) is 7.11 Å².